The van der Waals surface area contributed by atoms with Crippen molar-refractivity contribution in [2.45, 2.75) is 24.7 Å². The number of sulfonamides is 1. The van der Waals surface area contributed by atoms with Crippen LogP contribution < -0.4 is 14.9 Å². The molecule has 0 amide bonds. The van der Waals surface area contributed by atoms with E-state index in [1.807, 2.05) is 19.1 Å². The second-order valence-corrected chi connectivity index (χ2v) is 8.89. The van der Waals surface area contributed by atoms with E-state index in [9.17, 15) is 8.42 Å². The summed E-state index contributed by atoms with van der Waals surface area (Å²) in [6.07, 6.45) is 5.83. The van der Waals surface area contributed by atoms with Gasteiger partial charge >= 0.3 is 0 Å². The molecule has 1 aromatic carbocycles. The Hall–Kier alpha value is -2.98. The molecule has 1 aliphatic heterocycles. The van der Waals surface area contributed by atoms with Gasteiger partial charge in [0.25, 0.3) is 0 Å². The van der Waals surface area contributed by atoms with Crippen molar-refractivity contribution in [3.63, 3.8) is 0 Å². The van der Waals surface area contributed by atoms with Crippen molar-refractivity contribution in [2.24, 2.45) is 0 Å². The molecule has 0 radical (unpaired) electrons. The zero-order valence-electron chi connectivity index (χ0n) is 16.8. The number of nitrogens with zero attached hydrogens (tertiary/aromatic N) is 5. The lowest BCUT2D eigenvalue weighted by atomic mass is 10.3. The van der Waals surface area contributed by atoms with Gasteiger partial charge in [-0.3, -0.25) is 0 Å². The third-order valence-electron chi connectivity index (χ3n) is 4.89. The summed E-state index contributed by atoms with van der Waals surface area (Å²) in [6.45, 7) is 4.54. The van der Waals surface area contributed by atoms with Crippen molar-refractivity contribution in [1.29, 1.82) is 0 Å². The van der Waals surface area contributed by atoms with Crippen molar-refractivity contribution >= 4 is 21.7 Å². The maximum Gasteiger partial charge on any atom is 0.240 e. The molecule has 9 nitrogen and oxygen atoms in total. The third-order valence-corrected chi connectivity index (χ3v) is 6.37. The normalized spacial score (nSPS) is 14.2. The summed E-state index contributed by atoms with van der Waals surface area (Å²) < 4.78 is 29.4. The number of aromatic nitrogens is 4. The van der Waals surface area contributed by atoms with Crippen LogP contribution in [0, 0.1) is 6.92 Å². The zero-order chi connectivity index (χ0) is 21.0. The molecule has 0 unspecified atom stereocenters. The van der Waals surface area contributed by atoms with Gasteiger partial charge in [0.2, 0.25) is 10.0 Å². The second kappa shape index (κ2) is 8.80. The van der Waals surface area contributed by atoms with Crippen LogP contribution in [0.15, 0.2) is 53.7 Å². The molecule has 0 bridgehead atoms. The summed E-state index contributed by atoms with van der Waals surface area (Å²) in [7, 11) is -3.59. The van der Waals surface area contributed by atoms with Crippen LogP contribution in [0.25, 0.3) is 5.69 Å². The lowest BCUT2D eigenvalue weighted by molar-refractivity contribution is 0.583. The molecular formula is C20H25N7O2S. The Morgan fingerprint density at radius 3 is 2.53 bits per heavy atom. The lowest BCUT2D eigenvalue weighted by Crippen LogP contribution is -2.29. The molecule has 158 valence electrons. The molecule has 2 N–H and O–H groups in total. The van der Waals surface area contributed by atoms with E-state index in [0.717, 1.165) is 24.6 Å². The molecule has 2 aromatic heterocycles. The first-order chi connectivity index (χ1) is 14.5. The minimum atomic E-state index is -3.59. The summed E-state index contributed by atoms with van der Waals surface area (Å²) >= 11 is 0. The number of benzene rings is 1. The summed E-state index contributed by atoms with van der Waals surface area (Å²) in [4.78, 5) is 11.4. The van der Waals surface area contributed by atoms with E-state index in [-0.39, 0.29) is 11.4 Å². The standard InChI is InChI=1S/C20H25N7O2S/c1-16-24-19(15-20(25-16)26-12-2-3-13-26)21-10-11-23-30(28,29)18-7-5-17(6-8-18)27-14-4-9-22-27/h4-9,14-15,23H,2-3,10-13H2,1H3,(H,21,24,25). The quantitative estimate of drug-likeness (QED) is 0.530. The smallest absolute Gasteiger partial charge is 0.240 e. The predicted octanol–water partition coefficient (Wildman–Crippen LogP) is 1.96. The average molecular weight is 428 g/mol. The van der Waals surface area contributed by atoms with Crippen LogP contribution in [0.1, 0.15) is 18.7 Å². The summed E-state index contributed by atoms with van der Waals surface area (Å²) in [6, 6.07) is 10.3. The van der Waals surface area contributed by atoms with Crippen LogP contribution in [-0.4, -0.2) is 54.3 Å². The molecule has 0 atom stereocenters. The highest BCUT2D eigenvalue weighted by atomic mass is 32.2. The predicted molar refractivity (Wildman–Crippen MR) is 115 cm³/mol. The van der Waals surface area contributed by atoms with Gasteiger partial charge in [-0.15, -0.1) is 0 Å². The molecular weight excluding hydrogens is 402 g/mol. The van der Waals surface area contributed by atoms with Crippen LogP contribution in [0.2, 0.25) is 0 Å². The fourth-order valence-electron chi connectivity index (χ4n) is 3.41. The van der Waals surface area contributed by atoms with Crippen LogP contribution >= 0.6 is 0 Å². The van der Waals surface area contributed by atoms with E-state index in [1.54, 1.807) is 41.3 Å². The van der Waals surface area contributed by atoms with E-state index >= 15 is 0 Å². The molecule has 10 heteroatoms. The molecule has 0 spiro atoms. The molecule has 30 heavy (non-hydrogen) atoms. The summed E-state index contributed by atoms with van der Waals surface area (Å²) in [5.41, 5.74) is 0.800. The summed E-state index contributed by atoms with van der Waals surface area (Å²) in [5, 5.41) is 7.32. The van der Waals surface area contributed by atoms with Crippen LogP contribution in [-0.2, 0) is 10.0 Å². The Morgan fingerprint density at radius 1 is 1.07 bits per heavy atom. The SMILES string of the molecule is Cc1nc(NCCNS(=O)(=O)c2ccc(-n3cccn3)cc2)cc(N2CCCC2)n1. The molecule has 3 heterocycles. The van der Waals surface area contributed by atoms with E-state index in [0.29, 0.717) is 18.2 Å². The zero-order valence-corrected chi connectivity index (χ0v) is 17.6. The van der Waals surface area contributed by atoms with Crippen molar-refractivity contribution in [3.05, 3.63) is 54.6 Å². The van der Waals surface area contributed by atoms with E-state index < -0.39 is 10.0 Å². The number of rotatable bonds is 8. The molecule has 0 saturated carbocycles. The number of aryl methyl sites for hydroxylation is 1. The first-order valence-corrected chi connectivity index (χ1v) is 11.4. The Morgan fingerprint density at radius 2 is 1.83 bits per heavy atom. The molecule has 1 fully saturated rings. The first-order valence-electron chi connectivity index (χ1n) is 9.95. The van der Waals surface area contributed by atoms with Gasteiger partial charge in [-0.2, -0.15) is 5.10 Å². The lowest BCUT2D eigenvalue weighted by Gasteiger charge is -2.17. The van der Waals surface area contributed by atoms with E-state index in [2.05, 4.69) is 30.0 Å². The molecule has 3 aromatic rings. The molecule has 4 rings (SSSR count). The van der Waals surface area contributed by atoms with Crippen LogP contribution in [0.3, 0.4) is 0 Å². The van der Waals surface area contributed by atoms with Gasteiger partial charge in [0.15, 0.2) is 0 Å². The van der Waals surface area contributed by atoms with Gasteiger partial charge < -0.3 is 10.2 Å². The minimum Gasteiger partial charge on any atom is -0.369 e. The average Bonchev–Trinajstić information content (AvgIpc) is 3.45. The van der Waals surface area contributed by atoms with Gasteiger partial charge in [-0.1, -0.05) is 0 Å². The highest BCUT2D eigenvalue weighted by Gasteiger charge is 2.16. The Balaban J connectivity index is 1.32. The van der Waals surface area contributed by atoms with Crippen molar-refractivity contribution in [1.82, 2.24) is 24.5 Å². The fraction of sp³-hybridized carbons (Fsp3) is 0.350. The van der Waals surface area contributed by atoms with Gasteiger partial charge in [0, 0.05) is 44.6 Å². The van der Waals surface area contributed by atoms with Gasteiger partial charge in [0.05, 0.1) is 10.6 Å². The van der Waals surface area contributed by atoms with E-state index in [4.69, 9.17) is 0 Å². The van der Waals surface area contributed by atoms with Crippen LogP contribution in [0.5, 0.6) is 0 Å². The first kappa shape index (κ1) is 20.3. The molecule has 0 aliphatic carbocycles. The topological polar surface area (TPSA) is 105 Å². The van der Waals surface area contributed by atoms with E-state index in [1.165, 1.54) is 12.8 Å². The largest absolute Gasteiger partial charge is 0.369 e. The van der Waals surface area contributed by atoms with Gasteiger partial charge in [-0.25, -0.2) is 27.8 Å². The maximum absolute atomic E-state index is 12.5. The van der Waals surface area contributed by atoms with Gasteiger partial charge in [-0.05, 0) is 50.1 Å². The van der Waals surface area contributed by atoms with Crippen LogP contribution in [0.4, 0.5) is 11.6 Å². The van der Waals surface area contributed by atoms with Gasteiger partial charge in [0.1, 0.15) is 17.5 Å². The fourth-order valence-corrected chi connectivity index (χ4v) is 4.44. The highest BCUT2D eigenvalue weighted by molar-refractivity contribution is 7.89. The second-order valence-electron chi connectivity index (χ2n) is 7.12. The monoisotopic (exact) mass is 427 g/mol. The number of hydrogen-bond acceptors (Lipinski definition) is 7. The van der Waals surface area contributed by atoms with Crippen molar-refractivity contribution < 1.29 is 8.42 Å². The highest BCUT2D eigenvalue weighted by Crippen LogP contribution is 2.20. The Kier molecular flexibility index (Phi) is 5.96. The van der Waals surface area contributed by atoms with Crippen molar-refractivity contribution in [3.8, 4) is 5.69 Å². The maximum atomic E-state index is 12.5. The summed E-state index contributed by atoms with van der Waals surface area (Å²) in [5.74, 6) is 2.31. The number of hydrogen-bond donors (Lipinski definition) is 2. The Labute approximate surface area is 176 Å². The molecule has 1 aliphatic rings. The minimum absolute atomic E-state index is 0.215. The number of anilines is 2. The molecule has 1 saturated heterocycles. The van der Waals surface area contributed by atoms with Crippen molar-refractivity contribution in [2.75, 3.05) is 36.4 Å². The Bertz CT molecular complexity index is 1080. The number of nitrogens with one attached hydrogen (secondary N) is 2. The third kappa shape index (κ3) is 4.77.